The van der Waals surface area contributed by atoms with E-state index in [1.165, 1.54) is 6.42 Å². The van der Waals surface area contributed by atoms with Crippen LogP contribution in [0.25, 0.3) is 28.2 Å². The van der Waals surface area contributed by atoms with Gasteiger partial charge in [0.25, 0.3) is 0 Å². The standard InChI is InChI=1S/C22H23N7.2ClH/c1-15-7-8-16(12-24-15)19-11-21(26-17-5-4-9-23-13-17)28-22(27-19)18-14-25-29-10-3-2-6-20(18)29;;/h2-3,6-8,10-12,14,17,23H,4-5,9,13H2,1H3,(H,26,27,28);2*1H/t17-;;/m1../s1. The number of hydrogen-bond acceptors (Lipinski definition) is 6. The molecular weight excluding hydrogens is 433 g/mol. The number of nitrogens with one attached hydrogen (secondary N) is 2. The summed E-state index contributed by atoms with van der Waals surface area (Å²) < 4.78 is 1.84. The van der Waals surface area contributed by atoms with Crippen molar-refractivity contribution >= 4 is 36.1 Å². The summed E-state index contributed by atoms with van der Waals surface area (Å²) in [4.78, 5) is 14.1. The number of aryl methyl sites for hydroxylation is 1. The van der Waals surface area contributed by atoms with Crippen LogP contribution in [0, 0.1) is 6.92 Å². The zero-order valence-corrected chi connectivity index (χ0v) is 18.8. The minimum Gasteiger partial charge on any atom is -0.366 e. The van der Waals surface area contributed by atoms with Crippen LogP contribution in [-0.2, 0) is 0 Å². The molecule has 31 heavy (non-hydrogen) atoms. The molecule has 0 amide bonds. The Morgan fingerprint density at radius 2 is 2.00 bits per heavy atom. The summed E-state index contributed by atoms with van der Waals surface area (Å²) in [7, 11) is 0. The van der Waals surface area contributed by atoms with Gasteiger partial charge in [0.1, 0.15) is 5.82 Å². The number of aromatic nitrogens is 5. The molecule has 1 aliphatic rings. The second kappa shape index (κ2) is 10.0. The van der Waals surface area contributed by atoms with Gasteiger partial charge in [0.15, 0.2) is 5.82 Å². The fourth-order valence-corrected chi connectivity index (χ4v) is 3.70. The van der Waals surface area contributed by atoms with E-state index in [1.54, 1.807) is 0 Å². The lowest BCUT2D eigenvalue weighted by molar-refractivity contribution is 0.479. The Morgan fingerprint density at radius 1 is 1.10 bits per heavy atom. The van der Waals surface area contributed by atoms with E-state index in [-0.39, 0.29) is 24.8 Å². The van der Waals surface area contributed by atoms with Crippen molar-refractivity contribution in [1.29, 1.82) is 0 Å². The Morgan fingerprint density at radius 3 is 2.77 bits per heavy atom. The first-order valence-corrected chi connectivity index (χ1v) is 9.98. The number of pyridine rings is 2. The van der Waals surface area contributed by atoms with Crippen LogP contribution in [0.5, 0.6) is 0 Å². The van der Waals surface area contributed by atoms with Gasteiger partial charge in [-0.1, -0.05) is 6.07 Å². The molecule has 1 fully saturated rings. The topological polar surface area (TPSA) is 80.0 Å². The highest BCUT2D eigenvalue weighted by Gasteiger charge is 2.17. The normalized spacial score (nSPS) is 15.7. The highest BCUT2D eigenvalue weighted by molar-refractivity contribution is 5.85. The van der Waals surface area contributed by atoms with Gasteiger partial charge in [0.05, 0.1) is 23.0 Å². The predicted octanol–water partition coefficient (Wildman–Crippen LogP) is 4.17. The monoisotopic (exact) mass is 457 g/mol. The molecule has 0 saturated carbocycles. The SMILES string of the molecule is Cc1ccc(-c2cc(N[C@@H]3CCCNC3)nc(-c3cnn4ccccc34)n2)cn1.Cl.Cl. The molecule has 2 N–H and O–H groups in total. The maximum Gasteiger partial charge on any atom is 0.165 e. The van der Waals surface area contributed by atoms with E-state index < -0.39 is 0 Å². The van der Waals surface area contributed by atoms with Crippen LogP contribution in [0.1, 0.15) is 18.5 Å². The first kappa shape index (κ1) is 22.9. The van der Waals surface area contributed by atoms with Crippen molar-refractivity contribution < 1.29 is 0 Å². The van der Waals surface area contributed by atoms with Crippen LogP contribution >= 0.6 is 24.8 Å². The fourth-order valence-electron chi connectivity index (χ4n) is 3.70. The highest BCUT2D eigenvalue weighted by Crippen LogP contribution is 2.27. The van der Waals surface area contributed by atoms with Crippen LogP contribution in [0.3, 0.4) is 0 Å². The predicted molar refractivity (Wildman–Crippen MR) is 128 cm³/mol. The third kappa shape index (κ3) is 4.95. The summed E-state index contributed by atoms with van der Waals surface area (Å²) in [6.45, 7) is 4.00. The molecule has 162 valence electrons. The van der Waals surface area contributed by atoms with Crippen LogP contribution < -0.4 is 10.6 Å². The smallest absolute Gasteiger partial charge is 0.165 e. The van der Waals surface area contributed by atoms with Crippen molar-refractivity contribution in [3.05, 3.63) is 60.7 Å². The van der Waals surface area contributed by atoms with Gasteiger partial charge in [-0.15, -0.1) is 24.8 Å². The van der Waals surface area contributed by atoms with E-state index in [4.69, 9.17) is 9.97 Å². The Labute approximate surface area is 193 Å². The Kier molecular flexibility index (Phi) is 7.43. The number of rotatable bonds is 4. The minimum absolute atomic E-state index is 0. The maximum absolute atomic E-state index is 4.86. The van der Waals surface area contributed by atoms with Gasteiger partial charge < -0.3 is 10.6 Å². The number of piperidine rings is 1. The lowest BCUT2D eigenvalue weighted by Crippen LogP contribution is -2.38. The van der Waals surface area contributed by atoms with Crippen molar-refractivity contribution in [2.24, 2.45) is 0 Å². The molecule has 0 spiro atoms. The van der Waals surface area contributed by atoms with Crippen molar-refractivity contribution in [3.63, 3.8) is 0 Å². The van der Waals surface area contributed by atoms with Gasteiger partial charge in [-0.25, -0.2) is 14.5 Å². The molecule has 9 heteroatoms. The van der Waals surface area contributed by atoms with Gasteiger partial charge in [-0.05, 0) is 50.6 Å². The van der Waals surface area contributed by atoms with Gasteiger partial charge in [-0.3, -0.25) is 4.98 Å². The van der Waals surface area contributed by atoms with Crippen molar-refractivity contribution in [1.82, 2.24) is 29.9 Å². The summed E-state index contributed by atoms with van der Waals surface area (Å²) >= 11 is 0. The molecule has 5 heterocycles. The number of fused-ring (bicyclic) bond motifs is 1. The lowest BCUT2D eigenvalue weighted by Gasteiger charge is -2.24. The minimum atomic E-state index is 0. The number of anilines is 1. The van der Waals surface area contributed by atoms with E-state index >= 15 is 0 Å². The molecule has 1 aliphatic heterocycles. The molecule has 0 aromatic carbocycles. The van der Waals surface area contributed by atoms with Crippen molar-refractivity contribution in [2.45, 2.75) is 25.8 Å². The largest absolute Gasteiger partial charge is 0.366 e. The molecule has 1 saturated heterocycles. The zero-order chi connectivity index (χ0) is 19.6. The summed E-state index contributed by atoms with van der Waals surface area (Å²) in [5.41, 5.74) is 4.70. The van der Waals surface area contributed by atoms with E-state index in [0.29, 0.717) is 11.9 Å². The molecular formula is C22H25Cl2N7. The van der Waals surface area contributed by atoms with Gasteiger partial charge in [0.2, 0.25) is 0 Å². The van der Waals surface area contributed by atoms with E-state index in [0.717, 1.165) is 53.4 Å². The molecule has 0 aliphatic carbocycles. The van der Waals surface area contributed by atoms with Crippen molar-refractivity contribution in [2.75, 3.05) is 18.4 Å². The van der Waals surface area contributed by atoms with Crippen molar-refractivity contribution in [3.8, 4) is 22.6 Å². The Balaban J connectivity index is 0.00000136. The van der Waals surface area contributed by atoms with Crippen LogP contribution in [-0.4, -0.2) is 43.7 Å². The second-order valence-corrected chi connectivity index (χ2v) is 7.43. The Hall–Kier alpha value is -2.74. The van der Waals surface area contributed by atoms with Gasteiger partial charge in [0, 0.05) is 42.3 Å². The first-order chi connectivity index (χ1) is 14.3. The summed E-state index contributed by atoms with van der Waals surface area (Å²) in [5.74, 6) is 1.49. The van der Waals surface area contributed by atoms with E-state index in [2.05, 4.69) is 26.8 Å². The maximum atomic E-state index is 4.86. The molecule has 0 radical (unpaired) electrons. The van der Waals surface area contributed by atoms with Gasteiger partial charge >= 0.3 is 0 Å². The molecule has 0 bridgehead atoms. The number of halogens is 2. The molecule has 5 rings (SSSR count). The zero-order valence-electron chi connectivity index (χ0n) is 17.2. The number of hydrogen-bond donors (Lipinski definition) is 2. The molecule has 4 aromatic rings. The van der Waals surface area contributed by atoms with E-state index in [9.17, 15) is 0 Å². The summed E-state index contributed by atoms with van der Waals surface area (Å²) in [6, 6.07) is 12.4. The summed E-state index contributed by atoms with van der Waals surface area (Å²) in [5, 5.41) is 11.5. The molecule has 4 aromatic heterocycles. The average molecular weight is 458 g/mol. The molecule has 7 nitrogen and oxygen atoms in total. The average Bonchev–Trinajstić information content (AvgIpc) is 3.19. The quantitative estimate of drug-likeness (QED) is 0.478. The molecule has 0 unspecified atom stereocenters. The summed E-state index contributed by atoms with van der Waals surface area (Å²) in [6.07, 6.45) is 7.92. The third-order valence-corrected chi connectivity index (χ3v) is 5.25. The van der Waals surface area contributed by atoms with Gasteiger partial charge in [-0.2, -0.15) is 5.10 Å². The fraction of sp³-hybridized carbons (Fsp3) is 0.273. The first-order valence-electron chi connectivity index (χ1n) is 9.98. The van der Waals surface area contributed by atoms with E-state index in [1.807, 2.05) is 60.4 Å². The lowest BCUT2D eigenvalue weighted by atomic mass is 10.1. The second-order valence-electron chi connectivity index (χ2n) is 7.43. The Bertz CT molecular complexity index is 1140. The van der Waals surface area contributed by atoms with Crippen LogP contribution in [0.4, 0.5) is 5.82 Å². The van der Waals surface area contributed by atoms with Crippen LogP contribution in [0.2, 0.25) is 0 Å². The molecule has 1 atom stereocenters. The third-order valence-electron chi connectivity index (χ3n) is 5.25. The number of nitrogens with zero attached hydrogens (tertiary/aromatic N) is 5. The van der Waals surface area contributed by atoms with Crippen LogP contribution in [0.15, 0.2) is 55.0 Å². The highest BCUT2D eigenvalue weighted by atomic mass is 35.5.